The second-order valence-electron chi connectivity index (χ2n) is 6.85. The van der Waals surface area contributed by atoms with Gasteiger partial charge in [0.15, 0.2) is 0 Å². The molecule has 0 saturated heterocycles. The fourth-order valence-electron chi connectivity index (χ4n) is 3.43. The Morgan fingerprint density at radius 2 is 1.89 bits per heavy atom. The summed E-state index contributed by atoms with van der Waals surface area (Å²) in [6.07, 6.45) is 7.05. The van der Waals surface area contributed by atoms with Gasteiger partial charge >= 0.3 is 0 Å². The summed E-state index contributed by atoms with van der Waals surface area (Å²) in [5, 5.41) is 0. The molecular weight excluding hydrogens is 360 g/mol. The fraction of sp³-hybridized carbons (Fsp3) is 0.350. The van der Waals surface area contributed by atoms with E-state index in [9.17, 15) is 9.59 Å². The van der Waals surface area contributed by atoms with Crippen LogP contribution in [-0.4, -0.2) is 21.8 Å². The van der Waals surface area contributed by atoms with E-state index in [0.29, 0.717) is 10.7 Å². The summed E-state index contributed by atoms with van der Waals surface area (Å²) in [7, 11) is 0. The van der Waals surface area contributed by atoms with Crippen molar-refractivity contribution in [3.63, 3.8) is 0 Å². The lowest BCUT2D eigenvalue weighted by Crippen LogP contribution is -2.42. The average Bonchev–Trinajstić information content (AvgIpc) is 3.22. The minimum atomic E-state index is -0.308. The van der Waals surface area contributed by atoms with Crippen LogP contribution in [0.25, 0.3) is 11.0 Å². The van der Waals surface area contributed by atoms with Crippen molar-refractivity contribution in [3.8, 4) is 0 Å². The Morgan fingerprint density at radius 3 is 2.74 bits per heavy atom. The number of para-hydroxylation sites is 2. The molecule has 3 aromatic rings. The van der Waals surface area contributed by atoms with Crippen molar-refractivity contribution in [3.05, 3.63) is 51.5 Å². The fourth-order valence-corrected chi connectivity index (χ4v) is 4.58. The third-order valence-corrected chi connectivity index (χ3v) is 6.04. The maximum absolute atomic E-state index is 12.4. The first-order valence-corrected chi connectivity index (χ1v) is 10.1. The van der Waals surface area contributed by atoms with Gasteiger partial charge in [0.1, 0.15) is 5.82 Å². The van der Waals surface area contributed by atoms with Crippen LogP contribution >= 0.6 is 11.3 Å². The summed E-state index contributed by atoms with van der Waals surface area (Å²) < 4.78 is 0. The third kappa shape index (κ3) is 4.19. The second-order valence-corrected chi connectivity index (χ2v) is 7.99. The van der Waals surface area contributed by atoms with Crippen molar-refractivity contribution < 1.29 is 9.59 Å². The van der Waals surface area contributed by atoms with Crippen LogP contribution in [0.15, 0.2) is 30.3 Å². The number of benzene rings is 1. The molecule has 27 heavy (non-hydrogen) atoms. The first kappa shape index (κ1) is 17.7. The molecule has 2 aromatic heterocycles. The van der Waals surface area contributed by atoms with E-state index < -0.39 is 0 Å². The number of aromatic nitrogens is 2. The summed E-state index contributed by atoms with van der Waals surface area (Å²) in [5.41, 5.74) is 8.01. The first-order chi connectivity index (χ1) is 13.2. The van der Waals surface area contributed by atoms with Gasteiger partial charge in [-0.2, -0.15) is 0 Å². The number of nitrogens with zero attached hydrogens (tertiary/aromatic N) is 1. The quantitative estimate of drug-likeness (QED) is 0.608. The normalized spacial score (nSPS) is 14.2. The maximum atomic E-state index is 12.4. The Morgan fingerprint density at radius 1 is 1.07 bits per heavy atom. The first-order valence-electron chi connectivity index (χ1n) is 9.33. The SMILES string of the molecule is O=C(Cc1nc2ccccc2[nH]1)NNC(=O)c1cc2c(s1)CCCCCC2. The molecule has 4 rings (SSSR count). The van der Waals surface area contributed by atoms with E-state index in [1.807, 2.05) is 30.3 Å². The number of thiophene rings is 1. The van der Waals surface area contributed by atoms with Gasteiger partial charge in [0.25, 0.3) is 5.91 Å². The van der Waals surface area contributed by atoms with Crippen molar-refractivity contribution in [1.29, 1.82) is 0 Å². The van der Waals surface area contributed by atoms with Gasteiger partial charge in [0, 0.05) is 4.88 Å². The van der Waals surface area contributed by atoms with Gasteiger partial charge < -0.3 is 4.98 Å². The highest BCUT2D eigenvalue weighted by Crippen LogP contribution is 2.28. The van der Waals surface area contributed by atoms with Gasteiger partial charge in [-0.15, -0.1) is 11.3 Å². The number of hydrogen-bond acceptors (Lipinski definition) is 4. The molecule has 1 aromatic carbocycles. The molecule has 0 bridgehead atoms. The predicted octanol–water partition coefficient (Wildman–Crippen LogP) is 3.29. The Labute approximate surface area is 161 Å². The lowest BCUT2D eigenvalue weighted by Gasteiger charge is -2.07. The van der Waals surface area contributed by atoms with Crippen LogP contribution in [0.4, 0.5) is 0 Å². The lowest BCUT2D eigenvalue weighted by atomic mass is 10.00. The molecule has 0 radical (unpaired) electrons. The van der Waals surface area contributed by atoms with Crippen LogP contribution in [0, 0.1) is 0 Å². The number of fused-ring (bicyclic) bond motifs is 2. The lowest BCUT2D eigenvalue weighted by molar-refractivity contribution is -0.121. The molecule has 0 saturated carbocycles. The number of nitrogens with one attached hydrogen (secondary N) is 3. The van der Waals surface area contributed by atoms with Gasteiger partial charge in [0.2, 0.25) is 5.91 Å². The Hall–Kier alpha value is -2.67. The van der Waals surface area contributed by atoms with Crippen LogP contribution in [-0.2, 0) is 24.1 Å². The average molecular weight is 382 g/mol. The van der Waals surface area contributed by atoms with Crippen molar-refractivity contribution in [1.82, 2.24) is 20.8 Å². The molecule has 2 amide bonds. The van der Waals surface area contributed by atoms with Crippen LogP contribution in [0.2, 0.25) is 0 Å². The highest BCUT2D eigenvalue weighted by atomic mass is 32.1. The molecule has 6 nitrogen and oxygen atoms in total. The van der Waals surface area contributed by atoms with Crippen LogP contribution < -0.4 is 10.9 Å². The third-order valence-electron chi connectivity index (χ3n) is 4.80. The topological polar surface area (TPSA) is 86.9 Å². The Kier molecular flexibility index (Phi) is 5.20. The zero-order chi connectivity index (χ0) is 18.6. The Bertz CT molecular complexity index is 917. The van der Waals surface area contributed by atoms with E-state index in [2.05, 4.69) is 20.8 Å². The molecule has 0 spiro atoms. The number of carbonyl (C=O) groups excluding carboxylic acids is 2. The van der Waals surface area contributed by atoms with E-state index in [1.165, 1.54) is 36.1 Å². The van der Waals surface area contributed by atoms with Gasteiger partial charge in [0.05, 0.1) is 22.3 Å². The predicted molar refractivity (Wildman–Crippen MR) is 106 cm³/mol. The highest BCUT2D eigenvalue weighted by molar-refractivity contribution is 7.14. The number of carbonyl (C=O) groups is 2. The van der Waals surface area contributed by atoms with Gasteiger partial charge in [-0.3, -0.25) is 20.4 Å². The zero-order valence-corrected chi connectivity index (χ0v) is 15.8. The minimum absolute atomic E-state index is 0.0793. The molecule has 140 valence electrons. The smallest absolute Gasteiger partial charge is 0.279 e. The summed E-state index contributed by atoms with van der Waals surface area (Å²) in [4.78, 5) is 34.0. The maximum Gasteiger partial charge on any atom is 0.279 e. The molecule has 7 heteroatoms. The monoisotopic (exact) mass is 382 g/mol. The summed E-state index contributed by atoms with van der Waals surface area (Å²) >= 11 is 1.54. The zero-order valence-electron chi connectivity index (χ0n) is 15.0. The molecule has 2 heterocycles. The summed E-state index contributed by atoms with van der Waals surface area (Å²) in [6.45, 7) is 0. The molecule has 0 aliphatic heterocycles. The Balaban J connectivity index is 1.34. The number of hydrazine groups is 1. The van der Waals surface area contributed by atoms with E-state index >= 15 is 0 Å². The van der Waals surface area contributed by atoms with Crippen molar-refractivity contribution >= 4 is 34.2 Å². The van der Waals surface area contributed by atoms with Crippen LogP contribution in [0.1, 0.15) is 51.6 Å². The number of hydrogen-bond donors (Lipinski definition) is 3. The molecular formula is C20H22N4O2S. The highest BCUT2D eigenvalue weighted by Gasteiger charge is 2.16. The van der Waals surface area contributed by atoms with E-state index in [1.54, 1.807) is 11.3 Å². The van der Waals surface area contributed by atoms with Crippen LogP contribution in [0.3, 0.4) is 0 Å². The number of imidazole rings is 1. The molecule has 0 atom stereocenters. The van der Waals surface area contributed by atoms with Gasteiger partial charge in [-0.05, 0) is 49.4 Å². The van der Waals surface area contributed by atoms with Crippen molar-refractivity contribution in [2.75, 3.05) is 0 Å². The summed E-state index contributed by atoms with van der Waals surface area (Å²) in [5.74, 6) is 0.00376. The number of aromatic amines is 1. The number of aryl methyl sites for hydroxylation is 2. The van der Waals surface area contributed by atoms with E-state index in [4.69, 9.17) is 0 Å². The molecule has 3 N–H and O–H groups in total. The van der Waals surface area contributed by atoms with E-state index in [0.717, 1.165) is 23.9 Å². The largest absolute Gasteiger partial charge is 0.342 e. The van der Waals surface area contributed by atoms with Gasteiger partial charge in [-0.25, -0.2) is 4.98 Å². The molecule has 1 aliphatic rings. The standard InChI is InChI=1S/C20H22N4O2S/c25-19(12-18-21-14-8-5-6-9-15(14)22-18)23-24-20(26)17-11-13-7-3-1-2-4-10-16(13)27-17/h5-6,8-9,11H,1-4,7,10,12H2,(H,21,22)(H,23,25)(H,24,26). The minimum Gasteiger partial charge on any atom is -0.342 e. The molecule has 0 fully saturated rings. The van der Waals surface area contributed by atoms with E-state index in [-0.39, 0.29) is 18.2 Å². The van der Waals surface area contributed by atoms with Crippen molar-refractivity contribution in [2.24, 2.45) is 0 Å². The summed E-state index contributed by atoms with van der Waals surface area (Å²) in [6, 6.07) is 9.59. The number of amides is 2. The number of H-pyrrole nitrogens is 1. The van der Waals surface area contributed by atoms with Crippen LogP contribution in [0.5, 0.6) is 0 Å². The molecule has 1 aliphatic carbocycles. The van der Waals surface area contributed by atoms with Gasteiger partial charge in [-0.1, -0.05) is 25.0 Å². The second kappa shape index (κ2) is 7.92. The van der Waals surface area contributed by atoms with Crippen molar-refractivity contribution in [2.45, 2.75) is 44.9 Å². The number of rotatable bonds is 3. The molecule has 0 unspecified atom stereocenters.